The zero-order valence-corrected chi connectivity index (χ0v) is 17.0. The fourth-order valence-corrected chi connectivity index (χ4v) is 6.38. The average Bonchev–Trinajstić information content (AvgIpc) is 2.66. The van der Waals surface area contributed by atoms with Gasteiger partial charge in [0.1, 0.15) is 6.10 Å². The van der Waals surface area contributed by atoms with Crippen LogP contribution in [0.1, 0.15) is 57.3 Å². The molecule has 0 aromatic heterocycles. The smallest absolute Gasteiger partial charge is 0.260 e. The molecule has 0 radical (unpaired) electrons. The highest BCUT2D eigenvalue weighted by atomic mass is 28.4. The summed E-state index contributed by atoms with van der Waals surface area (Å²) < 4.78 is 6.46. The van der Waals surface area contributed by atoms with Crippen LogP contribution in [-0.2, 0) is 9.22 Å². The predicted molar refractivity (Wildman–Crippen MR) is 103 cm³/mol. The summed E-state index contributed by atoms with van der Waals surface area (Å²) in [6.07, 6.45) is 2.44. The Labute approximate surface area is 152 Å². The van der Waals surface area contributed by atoms with Gasteiger partial charge in [0, 0.05) is 5.56 Å². The van der Waals surface area contributed by atoms with Gasteiger partial charge in [0.05, 0.1) is 6.04 Å². The Bertz CT molecular complexity index is 578. The van der Waals surface area contributed by atoms with Crippen LogP contribution in [0, 0.1) is 0 Å². The van der Waals surface area contributed by atoms with Crippen molar-refractivity contribution in [3.8, 4) is 0 Å². The van der Waals surface area contributed by atoms with Gasteiger partial charge >= 0.3 is 0 Å². The third kappa shape index (κ3) is 4.03. The van der Waals surface area contributed by atoms with Crippen molar-refractivity contribution in [2.24, 2.45) is 0 Å². The molecule has 4 nitrogen and oxygen atoms in total. The van der Waals surface area contributed by atoms with Crippen molar-refractivity contribution in [3.63, 3.8) is 0 Å². The van der Waals surface area contributed by atoms with E-state index < -0.39 is 14.4 Å². The van der Waals surface area contributed by atoms with Crippen molar-refractivity contribution in [1.29, 1.82) is 0 Å². The molecule has 2 rings (SSSR count). The van der Waals surface area contributed by atoms with Gasteiger partial charge in [-0.05, 0) is 36.7 Å². The average molecular weight is 362 g/mol. The number of benzene rings is 1. The van der Waals surface area contributed by atoms with E-state index >= 15 is 0 Å². The van der Waals surface area contributed by atoms with E-state index in [1.807, 2.05) is 18.2 Å². The number of likely N-dealkylation sites (tertiary alicyclic amines) is 1. The topological polar surface area (TPSA) is 46.6 Å². The number of hydrogen-bond donors (Lipinski definition) is 0. The molecule has 25 heavy (non-hydrogen) atoms. The minimum Gasteiger partial charge on any atom is -0.403 e. The second-order valence-electron chi connectivity index (χ2n) is 6.87. The molecule has 1 aliphatic heterocycles. The first-order valence-corrected chi connectivity index (χ1v) is 12.2. The molecule has 1 fully saturated rings. The van der Waals surface area contributed by atoms with Gasteiger partial charge in [-0.1, -0.05) is 58.7 Å². The maximum Gasteiger partial charge on any atom is 0.260 e. The molecule has 0 aliphatic carbocycles. The molecule has 1 heterocycles. The van der Waals surface area contributed by atoms with E-state index in [4.69, 9.17) is 4.43 Å². The molecule has 0 unspecified atom stereocenters. The van der Waals surface area contributed by atoms with Crippen LogP contribution in [-0.4, -0.2) is 37.2 Å². The van der Waals surface area contributed by atoms with E-state index in [0.29, 0.717) is 5.56 Å². The molecule has 1 aliphatic rings. The molecule has 0 bridgehead atoms. The van der Waals surface area contributed by atoms with Gasteiger partial charge in [-0.25, -0.2) is 0 Å². The van der Waals surface area contributed by atoms with Crippen molar-refractivity contribution < 1.29 is 14.0 Å². The van der Waals surface area contributed by atoms with E-state index in [0.717, 1.165) is 37.4 Å². The third-order valence-electron chi connectivity index (χ3n) is 5.56. The van der Waals surface area contributed by atoms with Crippen molar-refractivity contribution in [2.75, 3.05) is 0 Å². The molecule has 2 atom stereocenters. The SMILES string of the molecule is CCCC[C@H]1[C@@H](O[Si](CC)(CC)CC)C(=O)N1C(=O)c1ccccc1. The highest BCUT2D eigenvalue weighted by Gasteiger charge is 2.53. The summed E-state index contributed by atoms with van der Waals surface area (Å²) in [5.74, 6) is -0.342. The summed E-state index contributed by atoms with van der Waals surface area (Å²) >= 11 is 0. The first-order valence-electron chi connectivity index (χ1n) is 9.63. The van der Waals surface area contributed by atoms with Gasteiger partial charge in [-0.3, -0.25) is 14.5 Å². The molecule has 2 amide bonds. The number of nitrogens with zero attached hydrogens (tertiary/aromatic N) is 1. The van der Waals surface area contributed by atoms with Gasteiger partial charge in [0.2, 0.25) is 0 Å². The Hall–Kier alpha value is -1.46. The monoisotopic (exact) mass is 361 g/mol. The number of rotatable bonds is 9. The van der Waals surface area contributed by atoms with Gasteiger partial charge < -0.3 is 4.43 Å². The van der Waals surface area contributed by atoms with E-state index in [1.165, 1.54) is 4.90 Å². The number of β-lactam (4-membered cyclic amide) rings is 1. The first kappa shape index (κ1) is 19.9. The van der Waals surface area contributed by atoms with Crippen LogP contribution in [0.3, 0.4) is 0 Å². The minimum atomic E-state index is -1.88. The maximum absolute atomic E-state index is 12.8. The number of imide groups is 1. The Morgan fingerprint density at radius 3 is 2.20 bits per heavy atom. The second-order valence-corrected chi connectivity index (χ2v) is 11.6. The number of amides is 2. The van der Waals surface area contributed by atoms with Crippen LogP contribution in [0.15, 0.2) is 30.3 Å². The van der Waals surface area contributed by atoms with E-state index in [-0.39, 0.29) is 17.9 Å². The lowest BCUT2D eigenvalue weighted by molar-refractivity contribution is -0.158. The molecule has 0 N–H and O–H groups in total. The highest BCUT2D eigenvalue weighted by molar-refractivity contribution is 6.73. The zero-order chi connectivity index (χ0) is 18.4. The van der Waals surface area contributed by atoms with Crippen molar-refractivity contribution in [1.82, 2.24) is 4.90 Å². The van der Waals surface area contributed by atoms with E-state index in [1.54, 1.807) is 12.1 Å². The van der Waals surface area contributed by atoms with Crippen LogP contribution in [0.5, 0.6) is 0 Å². The zero-order valence-electron chi connectivity index (χ0n) is 16.0. The van der Waals surface area contributed by atoms with Gasteiger partial charge in [0.25, 0.3) is 11.8 Å². The normalized spacial score (nSPS) is 20.5. The fourth-order valence-electron chi connectivity index (χ4n) is 3.58. The minimum absolute atomic E-state index is 0.114. The summed E-state index contributed by atoms with van der Waals surface area (Å²) in [6.45, 7) is 8.62. The van der Waals surface area contributed by atoms with Crippen LogP contribution < -0.4 is 0 Å². The summed E-state index contributed by atoms with van der Waals surface area (Å²) in [5.41, 5.74) is 0.570. The molecule has 5 heteroatoms. The van der Waals surface area contributed by atoms with Gasteiger partial charge in [-0.15, -0.1) is 0 Å². The Kier molecular flexibility index (Phi) is 6.96. The van der Waals surface area contributed by atoms with Crippen LogP contribution in [0.4, 0.5) is 0 Å². The lowest BCUT2D eigenvalue weighted by atomic mass is 9.92. The summed E-state index contributed by atoms with van der Waals surface area (Å²) in [6, 6.07) is 12.0. The first-order chi connectivity index (χ1) is 12.0. The number of carbonyl (C=O) groups is 2. The summed E-state index contributed by atoms with van der Waals surface area (Å²) in [4.78, 5) is 27.0. The summed E-state index contributed by atoms with van der Waals surface area (Å²) in [5, 5.41) is 0. The number of unbranched alkanes of at least 4 members (excludes halogenated alkanes) is 1. The van der Waals surface area contributed by atoms with Gasteiger partial charge in [0.15, 0.2) is 8.32 Å². The molecular formula is C20H31NO3Si. The number of carbonyl (C=O) groups excluding carboxylic acids is 2. The van der Waals surface area contributed by atoms with Crippen molar-refractivity contribution in [2.45, 2.75) is 77.2 Å². The van der Waals surface area contributed by atoms with Crippen LogP contribution in [0.25, 0.3) is 0 Å². The van der Waals surface area contributed by atoms with Crippen molar-refractivity contribution in [3.05, 3.63) is 35.9 Å². The Morgan fingerprint density at radius 1 is 1.08 bits per heavy atom. The largest absolute Gasteiger partial charge is 0.403 e. The standard InChI is InChI=1S/C20H31NO3Si/c1-5-9-15-17-18(24-25(6-2,7-3)8-4)20(23)21(17)19(22)16-13-11-10-12-14-16/h10-14,17-18H,5-9,15H2,1-4H3/t17-,18+/m0/s1. The van der Waals surface area contributed by atoms with E-state index in [2.05, 4.69) is 27.7 Å². The van der Waals surface area contributed by atoms with Gasteiger partial charge in [-0.2, -0.15) is 0 Å². The van der Waals surface area contributed by atoms with Crippen molar-refractivity contribution >= 4 is 20.1 Å². The molecular weight excluding hydrogens is 330 g/mol. The summed E-state index contributed by atoms with van der Waals surface area (Å²) in [7, 11) is -1.88. The molecule has 1 saturated heterocycles. The number of hydrogen-bond acceptors (Lipinski definition) is 3. The molecule has 1 aromatic rings. The van der Waals surface area contributed by atoms with Crippen LogP contribution in [0.2, 0.25) is 18.1 Å². The van der Waals surface area contributed by atoms with Crippen LogP contribution >= 0.6 is 0 Å². The predicted octanol–water partition coefficient (Wildman–Crippen LogP) is 4.62. The Balaban J connectivity index is 2.19. The molecule has 0 spiro atoms. The lowest BCUT2D eigenvalue weighted by Gasteiger charge is -2.48. The maximum atomic E-state index is 12.8. The molecule has 0 saturated carbocycles. The second kappa shape index (κ2) is 8.76. The Morgan fingerprint density at radius 2 is 1.68 bits per heavy atom. The van der Waals surface area contributed by atoms with E-state index in [9.17, 15) is 9.59 Å². The highest BCUT2D eigenvalue weighted by Crippen LogP contribution is 2.34. The fraction of sp³-hybridized carbons (Fsp3) is 0.600. The third-order valence-corrected chi connectivity index (χ3v) is 10.2. The molecule has 138 valence electrons. The lowest BCUT2D eigenvalue weighted by Crippen LogP contribution is -2.69. The quantitative estimate of drug-likeness (QED) is 0.366. The molecule has 1 aromatic carbocycles.